The van der Waals surface area contributed by atoms with Gasteiger partial charge in [0.1, 0.15) is 0 Å². The standard InChI is InChI=1S/C22H23ClN4O2/c1-3-20-19(14-26-27(20)18-10-4-15(2)5-11-18)22(29)25-13-12-24-21(28)16-6-8-17(23)9-7-16/h4-11,14H,3,12-13H2,1-2H3,(H,24,28)(H,25,29). The largest absolute Gasteiger partial charge is 0.350 e. The SMILES string of the molecule is CCc1c(C(=O)NCCNC(=O)c2ccc(Cl)cc2)cnn1-c1ccc(C)cc1. The van der Waals surface area contributed by atoms with Gasteiger partial charge in [-0.25, -0.2) is 4.68 Å². The van der Waals surface area contributed by atoms with Crippen LogP contribution in [0.2, 0.25) is 5.02 Å². The molecule has 0 saturated carbocycles. The summed E-state index contributed by atoms with van der Waals surface area (Å²) in [6.45, 7) is 4.65. The first kappa shape index (κ1) is 20.6. The predicted molar refractivity (Wildman–Crippen MR) is 114 cm³/mol. The Morgan fingerprint density at radius 2 is 1.59 bits per heavy atom. The van der Waals surface area contributed by atoms with E-state index in [0.29, 0.717) is 35.7 Å². The fourth-order valence-electron chi connectivity index (χ4n) is 2.96. The summed E-state index contributed by atoms with van der Waals surface area (Å²) in [5, 5.41) is 10.6. The highest BCUT2D eigenvalue weighted by molar-refractivity contribution is 6.30. The Labute approximate surface area is 174 Å². The van der Waals surface area contributed by atoms with Crippen LogP contribution in [-0.2, 0) is 6.42 Å². The van der Waals surface area contributed by atoms with Crippen molar-refractivity contribution in [2.24, 2.45) is 0 Å². The van der Waals surface area contributed by atoms with E-state index < -0.39 is 0 Å². The van der Waals surface area contributed by atoms with Crippen molar-refractivity contribution < 1.29 is 9.59 Å². The lowest BCUT2D eigenvalue weighted by atomic mass is 10.1. The lowest BCUT2D eigenvalue weighted by molar-refractivity contribution is 0.0927. The second-order valence-corrected chi connectivity index (χ2v) is 7.06. The molecule has 0 atom stereocenters. The zero-order chi connectivity index (χ0) is 20.8. The van der Waals surface area contributed by atoms with E-state index in [0.717, 1.165) is 16.9 Å². The maximum atomic E-state index is 12.6. The topological polar surface area (TPSA) is 76.0 Å². The minimum Gasteiger partial charge on any atom is -0.350 e. The van der Waals surface area contributed by atoms with Gasteiger partial charge in [0.15, 0.2) is 0 Å². The Morgan fingerprint density at radius 3 is 2.21 bits per heavy atom. The molecule has 0 fully saturated rings. The van der Waals surface area contributed by atoms with E-state index in [1.165, 1.54) is 0 Å². The van der Waals surface area contributed by atoms with E-state index in [9.17, 15) is 9.59 Å². The Hall–Kier alpha value is -3.12. The van der Waals surface area contributed by atoms with Gasteiger partial charge < -0.3 is 10.6 Å². The van der Waals surface area contributed by atoms with Crippen LogP contribution in [0.5, 0.6) is 0 Å². The summed E-state index contributed by atoms with van der Waals surface area (Å²) in [5.74, 6) is -0.418. The van der Waals surface area contributed by atoms with Gasteiger partial charge in [0, 0.05) is 23.7 Å². The number of halogens is 1. The first-order valence-electron chi connectivity index (χ1n) is 9.45. The molecule has 0 aliphatic carbocycles. The van der Waals surface area contributed by atoms with E-state index in [-0.39, 0.29) is 11.8 Å². The van der Waals surface area contributed by atoms with Crippen molar-refractivity contribution in [3.8, 4) is 5.69 Å². The van der Waals surface area contributed by atoms with Gasteiger partial charge in [-0.3, -0.25) is 9.59 Å². The van der Waals surface area contributed by atoms with Crippen LogP contribution >= 0.6 is 11.6 Å². The molecule has 3 rings (SSSR count). The van der Waals surface area contributed by atoms with E-state index in [4.69, 9.17) is 11.6 Å². The molecule has 150 valence electrons. The summed E-state index contributed by atoms with van der Waals surface area (Å²) in [4.78, 5) is 24.7. The third-order valence-corrected chi connectivity index (χ3v) is 4.78. The van der Waals surface area contributed by atoms with E-state index in [1.807, 2.05) is 38.1 Å². The van der Waals surface area contributed by atoms with Crippen molar-refractivity contribution in [1.29, 1.82) is 0 Å². The van der Waals surface area contributed by atoms with Crippen molar-refractivity contribution >= 4 is 23.4 Å². The predicted octanol–water partition coefficient (Wildman–Crippen LogP) is 3.56. The molecule has 3 aromatic rings. The minimum atomic E-state index is -0.211. The summed E-state index contributed by atoms with van der Waals surface area (Å²) in [6, 6.07) is 14.6. The van der Waals surface area contributed by atoms with Crippen molar-refractivity contribution in [2.75, 3.05) is 13.1 Å². The molecule has 0 aliphatic heterocycles. The van der Waals surface area contributed by atoms with Crippen LogP contribution in [0.4, 0.5) is 0 Å². The number of benzene rings is 2. The zero-order valence-electron chi connectivity index (χ0n) is 16.4. The number of nitrogens with zero attached hydrogens (tertiary/aromatic N) is 2. The molecular formula is C22H23ClN4O2. The van der Waals surface area contributed by atoms with E-state index in [2.05, 4.69) is 15.7 Å². The highest BCUT2D eigenvalue weighted by atomic mass is 35.5. The van der Waals surface area contributed by atoms with Crippen LogP contribution in [0.25, 0.3) is 5.69 Å². The Bertz CT molecular complexity index is 995. The molecule has 0 saturated heterocycles. The number of hydrogen-bond acceptors (Lipinski definition) is 3. The summed E-state index contributed by atoms with van der Waals surface area (Å²) in [6.07, 6.45) is 2.25. The van der Waals surface area contributed by atoms with Crippen LogP contribution in [0.3, 0.4) is 0 Å². The fraction of sp³-hybridized carbons (Fsp3) is 0.227. The van der Waals surface area contributed by atoms with Gasteiger partial charge in [-0.15, -0.1) is 0 Å². The second kappa shape index (κ2) is 9.39. The molecular weight excluding hydrogens is 388 g/mol. The summed E-state index contributed by atoms with van der Waals surface area (Å²) in [5.41, 5.74) is 3.99. The third-order valence-electron chi connectivity index (χ3n) is 4.53. The van der Waals surface area contributed by atoms with Gasteiger partial charge >= 0.3 is 0 Å². The molecule has 7 heteroatoms. The fourth-order valence-corrected chi connectivity index (χ4v) is 3.09. The van der Waals surface area contributed by atoms with Gasteiger partial charge in [0.25, 0.3) is 11.8 Å². The van der Waals surface area contributed by atoms with Crippen LogP contribution < -0.4 is 10.6 Å². The maximum Gasteiger partial charge on any atom is 0.254 e. The molecule has 0 spiro atoms. The van der Waals surface area contributed by atoms with Gasteiger partial charge in [0.05, 0.1) is 23.1 Å². The number of rotatable bonds is 7. The molecule has 0 aliphatic rings. The quantitative estimate of drug-likeness (QED) is 0.585. The Kier molecular flexibility index (Phi) is 6.67. The van der Waals surface area contributed by atoms with Crippen LogP contribution in [0, 0.1) is 6.92 Å². The lowest BCUT2D eigenvalue weighted by Gasteiger charge is -2.09. The molecule has 0 bridgehead atoms. The van der Waals surface area contributed by atoms with Crippen molar-refractivity contribution in [3.05, 3.63) is 82.1 Å². The molecule has 2 amide bonds. The number of carbonyl (C=O) groups excluding carboxylic acids is 2. The van der Waals surface area contributed by atoms with Crippen molar-refractivity contribution in [3.63, 3.8) is 0 Å². The number of hydrogen-bond donors (Lipinski definition) is 2. The smallest absolute Gasteiger partial charge is 0.254 e. The Morgan fingerprint density at radius 1 is 0.966 bits per heavy atom. The molecule has 2 aromatic carbocycles. The summed E-state index contributed by atoms with van der Waals surface area (Å²) in [7, 11) is 0. The first-order valence-corrected chi connectivity index (χ1v) is 9.83. The molecule has 29 heavy (non-hydrogen) atoms. The zero-order valence-corrected chi connectivity index (χ0v) is 17.2. The van der Waals surface area contributed by atoms with Crippen molar-refractivity contribution in [2.45, 2.75) is 20.3 Å². The van der Waals surface area contributed by atoms with Crippen LogP contribution in [-0.4, -0.2) is 34.7 Å². The molecule has 0 unspecified atom stereocenters. The molecule has 6 nitrogen and oxygen atoms in total. The number of aryl methyl sites for hydroxylation is 1. The average molecular weight is 411 g/mol. The van der Waals surface area contributed by atoms with Gasteiger partial charge in [0.2, 0.25) is 0 Å². The van der Waals surface area contributed by atoms with E-state index >= 15 is 0 Å². The van der Waals surface area contributed by atoms with Crippen molar-refractivity contribution in [1.82, 2.24) is 20.4 Å². The van der Waals surface area contributed by atoms with Crippen LogP contribution in [0.1, 0.15) is 38.9 Å². The first-order chi connectivity index (χ1) is 14.0. The lowest BCUT2D eigenvalue weighted by Crippen LogP contribution is -2.34. The number of carbonyl (C=O) groups is 2. The molecule has 2 N–H and O–H groups in total. The third kappa shape index (κ3) is 5.03. The average Bonchev–Trinajstić information content (AvgIpc) is 3.16. The molecule has 0 radical (unpaired) electrons. The minimum absolute atomic E-state index is 0.207. The number of nitrogens with one attached hydrogen (secondary N) is 2. The summed E-state index contributed by atoms with van der Waals surface area (Å²) < 4.78 is 1.79. The van der Waals surface area contributed by atoms with Gasteiger partial charge in [-0.05, 0) is 49.7 Å². The number of amides is 2. The molecule has 1 heterocycles. The van der Waals surface area contributed by atoms with Gasteiger partial charge in [-0.1, -0.05) is 36.2 Å². The monoisotopic (exact) mass is 410 g/mol. The highest BCUT2D eigenvalue weighted by Crippen LogP contribution is 2.16. The van der Waals surface area contributed by atoms with Crippen LogP contribution in [0.15, 0.2) is 54.7 Å². The number of aromatic nitrogens is 2. The maximum absolute atomic E-state index is 12.6. The second-order valence-electron chi connectivity index (χ2n) is 6.62. The normalized spacial score (nSPS) is 10.6. The Balaban J connectivity index is 1.57. The van der Waals surface area contributed by atoms with Gasteiger partial charge in [-0.2, -0.15) is 5.10 Å². The highest BCUT2D eigenvalue weighted by Gasteiger charge is 2.17. The molecule has 1 aromatic heterocycles. The van der Waals surface area contributed by atoms with E-state index in [1.54, 1.807) is 35.1 Å². The summed E-state index contributed by atoms with van der Waals surface area (Å²) >= 11 is 5.82.